The van der Waals surface area contributed by atoms with Crippen molar-refractivity contribution in [2.24, 2.45) is 5.92 Å². The highest BCUT2D eigenvalue weighted by molar-refractivity contribution is 5.71. The summed E-state index contributed by atoms with van der Waals surface area (Å²) in [5, 5.41) is 19.0. The first-order valence-electron chi connectivity index (χ1n) is 6.74. The Labute approximate surface area is 117 Å². The highest BCUT2D eigenvalue weighted by atomic mass is 19.1. The standard InChI is InChI=1S/C15H20FNO3/c1-9-5-10(3-4-13(9)16)6-11-7-14(18)12(15(19)20)8-17(11)2/h3-5,11-12,14,18H,6-8H2,1-2H3,(H,19,20). The number of aryl methyl sites for hydroxylation is 1. The molecule has 5 heteroatoms. The number of likely N-dealkylation sites (tertiary alicyclic amines) is 1. The topological polar surface area (TPSA) is 60.8 Å². The van der Waals surface area contributed by atoms with Gasteiger partial charge in [0.2, 0.25) is 0 Å². The summed E-state index contributed by atoms with van der Waals surface area (Å²) in [5.74, 6) is -1.91. The molecule has 0 bridgehead atoms. The number of aliphatic carboxylic acids is 1. The molecule has 1 aromatic carbocycles. The van der Waals surface area contributed by atoms with Crippen LogP contribution in [0.3, 0.4) is 0 Å². The van der Waals surface area contributed by atoms with Gasteiger partial charge in [-0.05, 0) is 44.0 Å². The normalized spacial score (nSPS) is 27.5. The van der Waals surface area contributed by atoms with Crippen LogP contribution >= 0.6 is 0 Å². The molecule has 4 nitrogen and oxygen atoms in total. The minimum atomic E-state index is -0.958. The van der Waals surface area contributed by atoms with Crippen molar-refractivity contribution in [2.45, 2.75) is 31.9 Å². The van der Waals surface area contributed by atoms with Gasteiger partial charge in [-0.25, -0.2) is 4.39 Å². The Hall–Kier alpha value is -1.46. The third kappa shape index (κ3) is 3.16. The fourth-order valence-corrected chi connectivity index (χ4v) is 2.79. The smallest absolute Gasteiger partial charge is 0.310 e. The second kappa shape index (κ2) is 5.89. The number of hydrogen-bond acceptors (Lipinski definition) is 3. The van der Waals surface area contributed by atoms with E-state index in [-0.39, 0.29) is 11.9 Å². The first-order chi connectivity index (χ1) is 9.38. The molecule has 3 unspecified atom stereocenters. The van der Waals surface area contributed by atoms with Crippen LogP contribution < -0.4 is 0 Å². The highest BCUT2D eigenvalue weighted by Gasteiger charge is 2.36. The maximum Gasteiger partial charge on any atom is 0.310 e. The Morgan fingerprint density at radius 1 is 1.50 bits per heavy atom. The molecule has 110 valence electrons. The summed E-state index contributed by atoms with van der Waals surface area (Å²) >= 11 is 0. The number of halogens is 1. The Morgan fingerprint density at radius 3 is 2.80 bits per heavy atom. The largest absolute Gasteiger partial charge is 0.481 e. The molecule has 0 aromatic heterocycles. The number of carbonyl (C=O) groups is 1. The molecule has 0 saturated carbocycles. The number of rotatable bonds is 3. The average molecular weight is 281 g/mol. The van der Waals surface area contributed by atoms with Gasteiger partial charge >= 0.3 is 5.97 Å². The number of aliphatic hydroxyl groups excluding tert-OH is 1. The molecule has 1 aromatic rings. The van der Waals surface area contributed by atoms with E-state index in [4.69, 9.17) is 5.11 Å². The van der Waals surface area contributed by atoms with Crippen molar-refractivity contribution in [2.75, 3.05) is 13.6 Å². The van der Waals surface area contributed by atoms with Crippen LogP contribution in [0.15, 0.2) is 18.2 Å². The zero-order chi connectivity index (χ0) is 14.9. The fraction of sp³-hybridized carbons (Fsp3) is 0.533. The summed E-state index contributed by atoms with van der Waals surface area (Å²) in [4.78, 5) is 13.0. The summed E-state index contributed by atoms with van der Waals surface area (Å²) in [7, 11) is 1.86. The minimum Gasteiger partial charge on any atom is -0.481 e. The summed E-state index contributed by atoms with van der Waals surface area (Å²) in [6.45, 7) is 2.06. The molecular formula is C15H20FNO3. The zero-order valence-electron chi connectivity index (χ0n) is 11.7. The van der Waals surface area contributed by atoms with Crippen molar-refractivity contribution in [3.8, 4) is 0 Å². The third-order valence-electron chi connectivity index (χ3n) is 4.10. The molecular weight excluding hydrogens is 261 g/mol. The minimum absolute atomic E-state index is 0.0745. The maximum absolute atomic E-state index is 13.2. The van der Waals surface area contributed by atoms with Crippen molar-refractivity contribution in [1.82, 2.24) is 4.90 Å². The van der Waals surface area contributed by atoms with Crippen molar-refractivity contribution >= 4 is 5.97 Å². The van der Waals surface area contributed by atoms with Crippen LogP contribution in [0.25, 0.3) is 0 Å². The quantitative estimate of drug-likeness (QED) is 0.880. The predicted octanol–water partition coefficient (Wildman–Crippen LogP) is 1.44. The molecule has 2 N–H and O–H groups in total. The molecule has 20 heavy (non-hydrogen) atoms. The van der Waals surface area contributed by atoms with Crippen LogP contribution in [0.4, 0.5) is 4.39 Å². The Bertz CT molecular complexity index is 506. The lowest BCUT2D eigenvalue weighted by Crippen LogP contribution is -2.50. The number of piperidine rings is 1. The molecule has 1 aliphatic heterocycles. The molecule has 1 aliphatic rings. The molecule has 2 rings (SSSR count). The lowest BCUT2D eigenvalue weighted by molar-refractivity contribution is -0.149. The number of benzene rings is 1. The molecule has 0 amide bonds. The molecule has 1 fully saturated rings. The first-order valence-corrected chi connectivity index (χ1v) is 6.74. The van der Waals surface area contributed by atoms with E-state index < -0.39 is 18.0 Å². The van der Waals surface area contributed by atoms with Crippen LogP contribution in [-0.4, -0.2) is 46.8 Å². The second-order valence-corrected chi connectivity index (χ2v) is 5.63. The van der Waals surface area contributed by atoms with Gasteiger partial charge in [0.25, 0.3) is 0 Å². The van der Waals surface area contributed by atoms with E-state index in [9.17, 15) is 14.3 Å². The number of carboxylic acid groups (broad SMARTS) is 1. The number of nitrogens with zero attached hydrogens (tertiary/aromatic N) is 1. The van der Waals surface area contributed by atoms with Crippen LogP contribution in [0, 0.1) is 18.7 Å². The Morgan fingerprint density at radius 2 is 2.20 bits per heavy atom. The van der Waals surface area contributed by atoms with Gasteiger partial charge in [-0.1, -0.05) is 12.1 Å². The summed E-state index contributed by atoms with van der Waals surface area (Å²) in [6, 6.07) is 5.07. The summed E-state index contributed by atoms with van der Waals surface area (Å²) < 4.78 is 13.2. The van der Waals surface area contributed by atoms with Crippen LogP contribution in [-0.2, 0) is 11.2 Å². The van der Waals surface area contributed by atoms with E-state index >= 15 is 0 Å². The Balaban J connectivity index is 2.06. The van der Waals surface area contributed by atoms with Crippen molar-refractivity contribution in [1.29, 1.82) is 0 Å². The van der Waals surface area contributed by atoms with Gasteiger partial charge < -0.3 is 15.1 Å². The van der Waals surface area contributed by atoms with E-state index in [1.165, 1.54) is 6.07 Å². The van der Waals surface area contributed by atoms with Crippen molar-refractivity contribution < 1.29 is 19.4 Å². The molecule has 0 radical (unpaired) electrons. The monoisotopic (exact) mass is 281 g/mol. The molecule has 1 saturated heterocycles. The lowest BCUT2D eigenvalue weighted by atomic mass is 9.87. The van der Waals surface area contributed by atoms with Gasteiger partial charge in [-0.2, -0.15) is 0 Å². The van der Waals surface area contributed by atoms with Crippen molar-refractivity contribution in [3.63, 3.8) is 0 Å². The third-order valence-corrected chi connectivity index (χ3v) is 4.10. The molecule has 1 heterocycles. The van der Waals surface area contributed by atoms with Gasteiger partial charge in [0.05, 0.1) is 12.0 Å². The van der Waals surface area contributed by atoms with E-state index in [0.29, 0.717) is 24.9 Å². The maximum atomic E-state index is 13.2. The number of aliphatic hydroxyl groups is 1. The lowest BCUT2D eigenvalue weighted by Gasteiger charge is -2.38. The predicted molar refractivity (Wildman–Crippen MR) is 73.0 cm³/mol. The first kappa shape index (κ1) is 14.9. The van der Waals surface area contributed by atoms with E-state index in [0.717, 1.165) is 5.56 Å². The van der Waals surface area contributed by atoms with Gasteiger partial charge in [-0.15, -0.1) is 0 Å². The number of hydrogen-bond donors (Lipinski definition) is 2. The van der Waals surface area contributed by atoms with Gasteiger partial charge in [-0.3, -0.25) is 4.79 Å². The zero-order valence-corrected chi connectivity index (χ0v) is 11.7. The van der Waals surface area contributed by atoms with E-state index in [1.54, 1.807) is 19.1 Å². The van der Waals surface area contributed by atoms with Gasteiger partial charge in [0.15, 0.2) is 0 Å². The Kier molecular flexibility index (Phi) is 4.40. The average Bonchev–Trinajstić information content (AvgIpc) is 2.37. The highest BCUT2D eigenvalue weighted by Crippen LogP contribution is 2.24. The summed E-state index contributed by atoms with van der Waals surface area (Å²) in [6.07, 6.45) is 0.278. The van der Waals surface area contributed by atoms with Crippen molar-refractivity contribution in [3.05, 3.63) is 35.1 Å². The van der Waals surface area contributed by atoms with E-state index in [1.807, 2.05) is 11.9 Å². The SMILES string of the molecule is Cc1cc(CC2CC(O)C(C(=O)O)CN2C)ccc1F. The molecule has 3 atom stereocenters. The van der Waals surface area contributed by atoms with E-state index in [2.05, 4.69) is 0 Å². The van der Waals surface area contributed by atoms with Crippen LogP contribution in [0.1, 0.15) is 17.5 Å². The summed E-state index contributed by atoms with van der Waals surface area (Å²) in [5.41, 5.74) is 1.60. The van der Waals surface area contributed by atoms with Crippen LogP contribution in [0.5, 0.6) is 0 Å². The molecule has 0 aliphatic carbocycles. The van der Waals surface area contributed by atoms with Gasteiger partial charge in [0.1, 0.15) is 5.82 Å². The van der Waals surface area contributed by atoms with Crippen LogP contribution in [0.2, 0.25) is 0 Å². The fourth-order valence-electron chi connectivity index (χ4n) is 2.79. The van der Waals surface area contributed by atoms with Gasteiger partial charge in [0, 0.05) is 12.6 Å². The number of likely N-dealkylation sites (N-methyl/N-ethyl adjacent to an activating group) is 1. The molecule has 0 spiro atoms. The second-order valence-electron chi connectivity index (χ2n) is 5.63. The number of carboxylic acids is 1.